The molecule has 8 heteroatoms. The van der Waals surface area contributed by atoms with E-state index in [1.807, 2.05) is 0 Å². The number of benzene rings is 2. The van der Waals surface area contributed by atoms with E-state index in [1.165, 1.54) is 32.2 Å². The topological polar surface area (TPSA) is 66.5 Å². The van der Waals surface area contributed by atoms with Crippen LogP contribution in [0.1, 0.15) is 6.92 Å². The molecule has 0 heterocycles. The van der Waals surface area contributed by atoms with E-state index in [4.69, 9.17) is 0 Å². The number of nitrogens with one attached hydrogen (secondary N) is 1. The van der Waals surface area contributed by atoms with Crippen LogP contribution in [0.25, 0.3) is 0 Å². The number of para-hydroxylation sites is 1. The standard InChI is InChI=1S/C15H14F2N2O3S/c1-10(20)18-14-9-11(7-8-12(14)16)23(21,22)19(2)15-6-4-3-5-13(15)17/h3-9H,1-2H3,(H,18,20). The lowest BCUT2D eigenvalue weighted by Gasteiger charge is -2.20. The molecule has 0 saturated carbocycles. The van der Waals surface area contributed by atoms with Gasteiger partial charge < -0.3 is 5.32 Å². The summed E-state index contributed by atoms with van der Waals surface area (Å²) in [7, 11) is -2.92. The van der Waals surface area contributed by atoms with E-state index < -0.39 is 27.6 Å². The molecule has 122 valence electrons. The Morgan fingerprint density at radius 2 is 1.74 bits per heavy atom. The molecule has 1 amide bonds. The first-order valence-electron chi connectivity index (χ1n) is 6.54. The van der Waals surface area contributed by atoms with Crippen LogP contribution in [0.5, 0.6) is 0 Å². The number of rotatable bonds is 4. The van der Waals surface area contributed by atoms with E-state index in [1.54, 1.807) is 0 Å². The molecule has 0 aliphatic carbocycles. The Kier molecular flexibility index (Phi) is 4.65. The van der Waals surface area contributed by atoms with Crippen molar-refractivity contribution in [2.75, 3.05) is 16.7 Å². The minimum absolute atomic E-state index is 0.141. The third-order valence-corrected chi connectivity index (χ3v) is 4.87. The van der Waals surface area contributed by atoms with Gasteiger partial charge in [0.05, 0.1) is 16.3 Å². The molecule has 0 aromatic heterocycles. The quantitative estimate of drug-likeness (QED) is 0.931. The third-order valence-electron chi connectivity index (χ3n) is 3.10. The molecule has 0 unspecified atom stereocenters. The molecule has 0 aliphatic heterocycles. The average Bonchev–Trinajstić information content (AvgIpc) is 2.48. The van der Waals surface area contributed by atoms with Gasteiger partial charge in [0, 0.05) is 14.0 Å². The van der Waals surface area contributed by atoms with Gasteiger partial charge in [-0.3, -0.25) is 9.10 Å². The number of hydrogen-bond acceptors (Lipinski definition) is 3. The van der Waals surface area contributed by atoms with E-state index in [2.05, 4.69) is 5.32 Å². The van der Waals surface area contributed by atoms with Crippen LogP contribution in [0.15, 0.2) is 47.4 Å². The van der Waals surface area contributed by atoms with Crippen LogP contribution in [0.4, 0.5) is 20.2 Å². The Morgan fingerprint density at radius 1 is 1.09 bits per heavy atom. The maximum absolute atomic E-state index is 13.8. The van der Waals surface area contributed by atoms with Crippen molar-refractivity contribution in [1.29, 1.82) is 0 Å². The zero-order chi connectivity index (χ0) is 17.2. The first-order valence-corrected chi connectivity index (χ1v) is 7.98. The summed E-state index contributed by atoms with van der Waals surface area (Å²) in [6.07, 6.45) is 0. The maximum Gasteiger partial charge on any atom is 0.264 e. The van der Waals surface area contributed by atoms with Crippen LogP contribution in [0, 0.1) is 11.6 Å². The van der Waals surface area contributed by atoms with Gasteiger partial charge in [0.15, 0.2) is 0 Å². The molecule has 5 nitrogen and oxygen atoms in total. The molecular weight excluding hydrogens is 326 g/mol. The zero-order valence-electron chi connectivity index (χ0n) is 12.4. The number of hydrogen-bond donors (Lipinski definition) is 1. The van der Waals surface area contributed by atoms with Gasteiger partial charge in [-0.2, -0.15) is 0 Å². The third kappa shape index (κ3) is 3.48. The van der Waals surface area contributed by atoms with Crippen LogP contribution in [0.2, 0.25) is 0 Å². The second-order valence-corrected chi connectivity index (χ2v) is 6.72. The number of halogens is 2. The summed E-state index contributed by atoms with van der Waals surface area (Å²) < 4.78 is 53.3. The predicted molar refractivity (Wildman–Crippen MR) is 82.7 cm³/mol. The molecule has 0 atom stereocenters. The predicted octanol–water partition coefficient (Wildman–Crippen LogP) is 2.75. The summed E-state index contributed by atoms with van der Waals surface area (Å²) in [5, 5.41) is 2.20. The Labute approximate surface area is 132 Å². The number of carbonyl (C=O) groups excluding carboxylic acids is 1. The molecule has 23 heavy (non-hydrogen) atoms. The lowest BCUT2D eigenvalue weighted by molar-refractivity contribution is -0.114. The van der Waals surface area contributed by atoms with Gasteiger partial charge in [-0.05, 0) is 30.3 Å². The van der Waals surface area contributed by atoms with Crippen molar-refractivity contribution in [2.24, 2.45) is 0 Å². The summed E-state index contributed by atoms with van der Waals surface area (Å²) >= 11 is 0. The molecular formula is C15H14F2N2O3S. The smallest absolute Gasteiger partial charge is 0.264 e. The van der Waals surface area contributed by atoms with E-state index in [9.17, 15) is 22.0 Å². The Hall–Kier alpha value is -2.48. The number of anilines is 2. The highest BCUT2D eigenvalue weighted by Gasteiger charge is 2.24. The highest BCUT2D eigenvalue weighted by Crippen LogP contribution is 2.27. The Morgan fingerprint density at radius 3 is 2.35 bits per heavy atom. The molecule has 0 saturated heterocycles. The molecule has 0 radical (unpaired) electrons. The van der Waals surface area contributed by atoms with Crippen molar-refractivity contribution in [1.82, 2.24) is 0 Å². The van der Waals surface area contributed by atoms with E-state index in [0.29, 0.717) is 0 Å². The fourth-order valence-electron chi connectivity index (χ4n) is 1.94. The number of amides is 1. The molecule has 0 spiro atoms. The van der Waals surface area contributed by atoms with Gasteiger partial charge >= 0.3 is 0 Å². The minimum atomic E-state index is -4.11. The average molecular weight is 340 g/mol. The minimum Gasteiger partial charge on any atom is -0.324 e. The van der Waals surface area contributed by atoms with E-state index in [-0.39, 0.29) is 16.3 Å². The second-order valence-electron chi connectivity index (χ2n) is 4.75. The maximum atomic E-state index is 13.8. The van der Waals surface area contributed by atoms with Gasteiger partial charge in [-0.1, -0.05) is 12.1 Å². The SMILES string of the molecule is CC(=O)Nc1cc(S(=O)(=O)N(C)c2ccccc2F)ccc1F. The number of sulfonamides is 1. The summed E-state index contributed by atoms with van der Waals surface area (Å²) in [5.74, 6) is -2.02. The van der Waals surface area contributed by atoms with Gasteiger partial charge in [-0.15, -0.1) is 0 Å². The highest BCUT2D eigenvalue weighted by atomic mass is 32.2. The van der Waals surface area contributed by atoms with Gasteiger partial charge in [0.25, 0.3) is 10.0 Å². The molecule has 2 aromatic carbocycles. The largest absolute Gasteiger partial charge is 0.324 e. The lowest BCUT2D eigenvalue weighted by Crippen LogP contribution is -2.27. The lowest BCUT2D eigenvalue weighted by atomic mass is 10.3. The fourth-order valence-corrected chi connectivity index (χ4v) is 3.18. The summed E-state index contributed by atoms with van der Waals surface area (Å²) in [4.78, 5) is 10.8. The molecule has 0 bridgehead atoms. The number of carbonyl (C=O) groups is 1. The summed E-state index contributed by atoms with van der Waals surface area (Å²) in [5.41, 5.74) is -0.404. The van der Waals surface area contributed by atoms with Crippen molar-refractivity contribution in [3.05, 3.63) is 54.1 Å². The normalized spacial score (nSPS) is 11.1. The molecule has 2 rings (SSSR count). The zero-order valence-corrected chi connectivity index (χ0v) is 13.2. The molecule has 0 aliphatic rings. The monoisotopic (exact) mass is 340 g/mol. The van der Waals surface area contributed by atoms with Crippen LogP contribution in [-0.4, -0.2) is 21.4 Å². The first-order chi connectivity index (χ1) is 10.7. The van der Waals surface area contributed by atoms with Crippen molar-refractivity contribution >= 4 is 27.3 Å². The molecule has 2 aromatic rings. The van der Waals surface area contributed by atoms with Crippen LogP contribution >= 0.6 is 0 Å². The van der Waals surface area contributed by atoms with Gasteiger partial charge in [-0.25, -0.2) is 17.2 Å². The Bertz CT molecular complexity index is 854. The van der Waals surface area contributed by atoms with E-state index >= 15 is 0 Å². The van der Waals surface area contributed by atoms with Crippen LogP contribution in [0.3, 0.4) is 0 Å². The van der Waals surface area contributed by atoms with Crippen LogP contribution < -0.4 is 9.62 Å². The van der Waals surface area contributed by atoms with Crippen LogP contribution in [-0.2, 0) is 14.8 Å². The van der Waals surface area contributed by atoms with Crippen molar-refractivity contribution < 1.29 is 22.0 Å². The summed E-state index contributed by atoms with van der Waals surface area (Å²) in [6.45, 7) is 1.17. The van der Waals surface area contributed by atoms with Crippen molar-refractivity contribution in [2.45, 2.75) is 11.8 Å². The van der Waals surface area contributed by atoms with Gasteiger partial charge in [0.2, 0.25) is 5.91 Å². The fraction of sp³-hybridized carbons (Fsp3) is 0.133. The van der Waals surface area contributed by atoms with Crippen molar-refractivity contribution in [3.63, 3.8) is 0 Å². The molecule has 1 N–H and O–H groups in total. The Balaban J connectivity index is 2.48. The molecule has 0 fully saturated rings. The highest BCUT2D eigenvalue weighted by molar-refractivity contribution is 7.92. The van der Waals surface area contributed by atoms with Gasteiger partial charge in [0.1, 0.15) is 11.6 Å². The summed E-state index contributed by atoms with van der Waals surface area (Å²) in [6, 6.07) is 8.34. The first kappa shape index (κ1) is 16.9. The second kappa shape index (κ2) is 6.33. The number of nitrogens with zero attached hydrogens (tertiary/aromatic N) is 1. The van der Waals surface area contributed by atoms with E-state index in [0.717, 1.165) is 28.6 Å². The van der Waals surface area contributed by atoms with Crippen molar-refractivity contribution in [3.8, 4) is 0 Å².